The number of carbonyl (C=O) groups is 1. The van der Waals surface area contributed by atoms with E-state index in [2.05, 4.69) is 33.4 Å². The number of carbonyl (C=O) groups excluding carboxylic acids is 1. The quantitative estimate of drug-likeness (QED) is 0.785. The van der Waals surface area contributed by atoms with Crippen molar-refractivity contribution in [3.63, 3.8) is 0 Å². The van der Waals surface area contributed by atoms with Gasteiger partial charge in [0.25, 0.3) is 0 Å². The van der Waals surface area contributed by atoms with Gasteiger partial charge < -0.3 is 10.1 Å². The molecule has 0 atom stereocenters. The molecular formula is C12H16BrNO2S. The third-order valence-electron chi connectivity index (χ3n) is 2.04. The highest BCUT2D eigenvalue weighted by molar-refractivity contribution is 9.10. The van der Waals surface area contributed by atoms with Crippen molar-refractivity contribution in [3.8, 4) is 0 Å². The van der Waals surface area contributed by atoms with Gasteiger partial charge in [0.15, 0.2) is 0 Å². The number of amides is 1. The van der Waals surface area contributed by atoms with Crippen molar-refractivity contribution in [2.75, 3.05) is 26.0 Å². The van der Waals surface area contributed by atoms with E-state index in [0.29, 0.717) is 18.9 Å². The van der Waals surface area contributed by atoms with Crippen LogP contribution in [-0.2, 0) is 15.3 Å². The Bertz CT molecular complexity index is 343. The molecule has 0 bridgehead atoms. The predicted octanol–water partition coefficient (Wildman–Crippen LogP) is 2.44. The van der Waals surface area contributed by atoms with E-state index < -0.39 is 0 Å². The van der Waals surface area contributed by atoms with Crippen LogP contribution in [-0.4, -0.2) is 31.9 Å². The van der Waals surface area contributed by atoms with Crippen molar-refractivity contribution in [2.24, 2.45) is 0 Å². The van der Waals surface area contributed by atoms with E-state index in [4.69, 9.17) is 4.74 Å². The lowest BCUT2D eigenvalue weighted by Crippen LogP contribution is -2.28. The smallest absolute Gasteiger partial charge is 0.230 e. The fourth-order valence-corrected chi connectivity index (χ4v) is 2.27. The standard InChI is InChI=1S/C12H16BrNO2S/c1-16-7-6-14-12(15)9-17-8-10-2-4-11(13)5-3-10/h2-5H,6-9H2,1H3,(H,14,15). The summed E-state index contributed by atoms with van der Waals surface area (Å²) in [5.41, 5.74) is 1.22. The van der Waals surface area contributed by atoms with Crippen LogP contribution in [0, 0.1) is 0 Å². The molecule has 0 radical (unpaired) electrons. The molecule has 1 rings (SSSR count). The van der Waals surface area contributed by atoms with Crippen molar-refractivity contribution in [1.29, 1.82) is 0 Å². The summed E-state index contributed by atoms with van der Waals surface area (Å²) in [6, 6.07) is 8.13. The zero-order chi connectivity index (χ0) is 12.5. The maximum Gasteiger partial charge on any atom is 0.230 e. The minimum Gasteiger partial charge on any atom is -0.383 e. The third kappa shape index (κ3) is 6.71. The van der Waals surface area contributed by atoms with Crippen LogP contribution in [0.1, 0.15) is 5.56 Å². The number of nitrogens with one attached hydrogen (secondary N) is 1. The largest absolute Gasteiger partial charge is 0.383 e. The molecule has 1 aromatic rings. The number of hydrogen-bond donors (Lipinski definition) is 1. The molecule has 0 unspecified atom stereocenters. The maximum absolute atomic E-state index is 11.4. The lowest BCUT2D eigenvalue weighted by Gasteiger charge is -2.04. The second-order valence-corrected chi connectivity index (χ2v) is 5.36. The molecule has 1 N–H and O–H groups in total. The van der Waals surface area contributed by atoms with Crippen LogP contribution < -0.4 is 5.32 Å². The topological polar surface area (TPSA) is 38.3 Å². The molecule has 17 heavy (non-hydrogen) atoms. The molecule has 0 spiro atoms. The Morgan fingerprint density at radius 2 is 2.12 bits per heavy atom. The molecule has 0 saturated heterocycles. The highest BCUT2D eigenvalue weighted by Crippen LogP contribution is 2.15. The van der Waals surface area contributed by atoms with Crippen molar-refractivity contribution < 1.29 is 9.53 Å². The number of rotatable bonds is 7. The lowest BCUT2D eigenvalue weighted by molar-refractivity contribution is -0.118. The third-order valence-corrected chi connectivity index (χ3v) is 3.58. The van der Waals surface area contributed by atoms with E-state index in [9.17, 15) is 4.79 Å². The minimum absolute atomic E-state index is 0.0594. The lowest BCUT2D eigenvalue weighted by atomic mass is 10.2. The zero-order valence-corrected chi connectivity index (χ0v) is 12.1. The molecule has 0 fully saturated rings. The van der Waals surface area contributed by atoms with Crippen molar-refractivity contribution >= 4 is 33.6 Å². The number of methoxy groups -OCH3 is 1. The highest BCUT2D eigenvalue weighted by atomic mass is 79.9. The van der Waals surface area contributed by atoms with Gasteiger partial charge in [-0.1, -0.05) is 28.1 Å². The summed E-state index contributed by atoms with van der Waals surface area (Å²) in [4.78, 5) is 11.4. The molecule has 0 heterocycles. The van der Waals surface area contributed by atoms with Crippen molar-refractivity contribution in [3.05, 3.63) is 34.3 Å². The van der Waals surface area contributed by atoms with Crippen molar-refractivity contribution in [2.45, 2.75) is 5.75 Å². The maximum atomic E-state index is 11.4. The summed E-state index contributed by atoms with van der Waals surface area (Å²) in [5.74, 6) is 1.40. The summed E-state index contributed by atoms with van der Waals surface area (Å²) in [6.45, 7) is 1.14. The van der Waals surface area contributed by atoms with Crippen LogP contribution >= 0.6 is 27.7 Å². The Morgan fingerprint density at radius 3 is 2.76 bits per heavy atom. The molecule has 0 aliphatic rings. The molecule has 5 heteroatoms. The van der Waals surface area contributed by atoms with Gasteiger partial charge >= 0.3 is 0 Å². The Hall–Kier alpha value is -0.520. The zero-order valence-electron chi connectivity index (χ0n) is 9.74. The summed E-state index contributed by atoms with van der Waals surface area (Å²) < 4.78 is 5.92. The van der Waals surface area contributed by atoms with Gasteiger partial charge in [-0.25, -0.2) is 0 Å². The van der Waals surface area contributed by atoms with E-state index in [1.807, 2.05) is 12.1 Å². The number of hydrogen-bond acceptors (Lipinski definition) is 3. The van der Waals surface area contributed by atoms with Crippen LogP contribution in [0.15, 0.2) is 28.7 Å². The van der Waals surface area contributed by atoms with Gasteiger partial charge in [0.1, 0.15) is 0 Å². The van der Waals surface area contributed by atoms with Gasteiger partial charge in [0.05, 0.1) is 12.4 Å². The Balaban J connectivity index is 2.14. The Kier molecular flexibility index (Phi) is 7.32. The van der Waals surface area contributed by atoms with Crippen molar-refractivity contribution in [1.82, 2.24) is 5.32 Å². The number of ether oxygens (including phenoxy) is 1. The second-order valence-electron chi connectivity index (χ2n) is 3.46. The van der Waals surface area contributed by atoms with E-state index in [-0.39, 0.29) is 5.91 Å². The molecule has 94 valence electrons. The average Bonchev–Trinajstić information content (AvgIpc) is 2.32. The molecule has 0 aliphatic carbocycles. The molecule has 0 saturated carbocycles. The molecule has 1 aromatic carbocycles. The minimum atomic E-state index is 0.0594. The summed E-state index contributed by atoms with van der Waals surface area (Å²) >= 11 is 5.00. The molecule has 3 nitrogen and oxygen atoms in total. The first kappa shape index (κ1) is 14.5. The van der Waals surface area contributed by atoms with E-state index in [0.717, 1.165) is 10.2 Å². The number of thioether (sulfide) groups is 1. The summed E-state index contributed by atoms with van der Waals surface area (Å²) in [5, 5.41) is 2.79. The van der Waals surface area contributed by atoms with Gasteiger partial charge in [-0.2, -0.15) is 0 Å². The fourth-order valence-electron chi connectivity index (χ4n) is 1.19. The Labute approximate surface area is 114 Å². The highest BCUT2D eigenvalue weighted by Gasteiger charge is 2.01. The monoisotopic (exact) mass is 317 g/mol. The predicted molar refractivity (Wildman–Crippen MR) is 75.2 cm³/mol. The number of benzene rings is 1. The van der Waals surface area contributed by atoms with Gasteiger partial charge in [0, 0.05) is 23.9 Å². The van der Waals surface area contributed by atoms with Crippen LogP contribution in [0.4, 0.5) is 0 Å². The first-order valence-electron chi connectivity index (χ1n) is 5.30. The van der Waals surface area contributed by atoms with Gasteiger partial charge in [-0.05, 0) is 17.7 Å². The summed E-state index contributed by atoms with van der Waals surface area (Å²) in [7, 11) is 1.62. The first-order valence-corrected chi connectivity index (χ1v) is 7.25. The van der Waals surface area contributed by atoms with Crippen LogP contribution in [0.3, 0.4) is 0 Å². The summed E-state index contributed by atoms with van der Waals surface area (Å²) in [6.07, 6.45) is 0. The fraction of sp³-hybridized carbons (Fsp3) is 0.417. The average molecular weight is 318 g/mol. The molecule has 1 amide bonds. The van der Waals surface area contributed by atoms with Crippen LogP contribution in [0.25, 0.3) is 0 Å². The van der Waals surface area contributed by atoms with E-state index >= 15 is 0 Å². The van der Waals surface area contributed by atoms with Gasteiger partial charge in [-0.15, -0.1) is 11.8 Å². The molecule has 0 aliphatic heterocycles. The second kappa shape index (κ2) is 8.55. The molecular weight excluding hydrogens is 302 g/mol. The van der Waals surface area contributed by atoms with E-state index in [1.54, 1.807) is 18.9 Å². The van der Waals surface area contributed by atoms with Gasteiger partial charge in [-0.3, -0.25) is 4.79 Å². The SMILES string of the molecule is COCCNC(=O)CSCc1ccc(Br)cc1. The van der Waals surface area contributed by atoms with E-state index in [1.165, 1.54) is 5.56 Å². The molecule has 0 aromatic heterocycles. The number of halogens is 1. The Morgan fingerprint density at radius 1 is 1.41 bits per heavy atom. The normalized spacial score (nSPS) is 10.2. The van der Waals surface area contributed by atoms with Crippen LogP contribution in [0.5, 0.6) is 0 Å². The first-order chi connectivity index (χ1) is 8.22. The van der Waals surface area contributed by atoms with Gasteiger partial charge in [0.2, 0.25) is 5.91 Å². The van der Waals surface area contributed by atoms with Crippen LogP contribution in [0.2, 0.25) is 0 Å².